The van der Waals surface area contributed by atoms with Gasteiger partial charge in [0.2, 0.25) is 0 Å². The zero-order valence-corrected chi connectivity index (χ0v) is 15.8. The highest BCUT2D eigenvalue weighted by Gasteiger charge is 2.17. The highest BCUT2D eigenvalue weighted by atomic mass is 35.5. The summed E-state index contributed by atoms with van der Waals surface area (Å²) in [6, 6.07) is 19.1. The van der Waals surface area contributed by atoms with Crippen LogP contribution in [0.25, 0.3) is 22.4 Å². The Hall–Kier alpha value is -3.64. The second kappa shape index (κ2) is 8.16. The Morgan fingerprint density at radius 3 is 2.62 bits per heavy atom. The van der Waals surface area contributed by atoms with E-state index in [1.807, 2.05) is 6.07 Å². The summed E-state index contributed by atoms with van der Waals surface area (Å²) < 4.78 is 10.6. The van der Waals surface area contributed by atoms with Crippen molar-refractivity contribution >= 4 is 40.1 Å². The maximum atomic E-state index is 12.7. The maximum Gasteiger partial charge on any atom is 0.339 e. The van der Waals surface area contributed by atoms with Crippen LogP contribution < -0.4 is 5.32 Å². The molecule has 7 heteroatoms. The summed E-state index contributed by atoms with van der Waals surface area (Å²) in [5, 5.41) is 3.64. The van der Waals surface area contributed by atoms with Crippen LogP contribution >= 0.6 is 11.6 Å². The predicted molar refractivity (Wildman–Crippen MR) is 110 cm³/mol. The quantitative estimate of drug-likeness (QED) is 0.474. The van der Waals surface area contributed by atoms with Crippen molar-refractivity contribution in [3.8, 4) is 11.5 Å². The number of nitrogens with zero attached hydrogens (tertiary/aromatic N) is 1. The van der Waals surface area contributed by atoms with Gasteiger partial charge in [0.25, 0.3) is 5.91 Å². The Balaban J connectivity index is 1.55. The number of pyridine rings is 1. The smallest absolute Gasteiger partial charge is 0.339 e. The van der Waals surface area contributed by atoms with Gasteiger partial charge in [0.1, 0.15) is 5.69 Å². The molecule has 1 N–H and O–H groups in total. The molecule has 4 aromatic rings. The Bertz CT molecular complexity index is 1190. The summed E-state index contributed by atoms with van der Waals surface area (Å²) in [7, 11) is 0. The average molecular weight is 407 g/mol. The molecular weight excluding hydrogens is 392 g/mol. The van der Waals surface area contributed by atoms with E-state index in [0.29, 0.717) is 38.6 Å². The number of benzene rings is 2. The molecule has 2 aromatic heterocycles. The van der Waals surface area contributed by atoms with E-state index >= 15 is 0 Å². The lowest BCUT2D eigenvalue weighted by Gasteiger charge is -2.10. The first-order chi connectivity index (χ1) is 14.1. The number of halogens is 1. The van der Waals surface area contributed by atoms with E-state index < -0.39 is 18.5 Å². The van der Waals surface area contributed by atoms with Gasteiger partial charge in [-0.3, -0.25) is 4.79 Å². The molecule has 0 spiro atoms. The molecule has 0 saturated carbocycles. The minimum absolute atomic E-state index is 0.299. The highest BCUT2D eigenvalue weighted by molar-refractivity contribution is 6.33. The number of fused-ring (bicyclic) bond motifs is 1. The number of hydrogen-bond donors (Lipinski definition) is 1. The SMILES string of the molecule is O=C(COC(=O)c1cc(-c2ccco2)nc2ccccc12)Nc1ccccc1Cl. The Morgan fingerprint density at radius 2 is 1.83 bits per heavy atom. The largest absolute Gasteiger partial charge is 0.463 e. The average Bonchev–Trinajstić information content (AvgIpc) is 3.28. The van der Waals surface area contributed by atoms with E-state index in [1.54, 1.807) is 60.7 Å². The first-order valence-electron chi connectivity index (χ1n) is 8.77. The topological polar surface area (TPSA) is 81.4 Å². The second-order valence-electron chi connectivity index (χ2n) is 6.15. The maximum absolute atomic E-state index is 12.7. The minimum Gasteiger partial charge on any atom is -0.463 e. The lowest BCUT2D eigenvalue weighted by molar-refractivity contribution is -0.119. The first kappa shape index (κ1) is 18.7. The van der Waals surface area contributed by atoms with Crippen LogP contribution in [-0.4, -0.2) is 23.5 Å². The molecule has 2 aromatic carbocycles. The molecule has 0 unspecified atom stereocenters. The lowest BCUT2D eigenvalue weighted by Crippen LogP contribution is -2.21. The van der Waals surface area contributed by atoms with Crippen LogP contribution in [0.15, 0.2) is 77.4 Å². The van der Waals surface area contributed by atoms with Gasteiger partial charge in [-0.15, -0.1) is 0 Å². The van der Waals surface area contributed by atoms with Crippen molar-refractivity contribution in [2.45, 2.75) is 0 Å². The number of ether oxygens (including phenoxy) is 1. The number of furan rings is 1. The Morgan fingerprint density at radius 1 is 1.03 bits per heavy atom. The number of amides is 1. The van der Waals surface area contributed by atoms with Crippen molar-refractivity contribution in [1.82, 2.24) is 4.98 Å². The number of aromatic nitrogens is 1. The van der Waals surface area contributed by atoms with Crippen LogP contribution in [0.5, 0.6) is 0 Å². The normalized spacial score (nSPS) is 10.7. The molecule has 0 atom stereocenters. The molecule has 0 fully saturated rings. The minimum atomic E-state index is -0.634. The van der Waals surface area contributed by atoms with Gasteiger partial charge in [0.15, 0.2) is 12.4 Å². The summed E-state index contributed by atoms with van der Waals surface area (Å²) in [6.07, 6.45) is 1.53. The van der Waals surface area contributed by atoms with E-state index in [-0.39, 0.29) is 0 Å². The molecule has 1 amide bonds. The molecule has 4 rings (SSSR count). The van der Waals surface area contributed by atoms with Gasteiger partial charge < -0.3 is 14.5 Å². The summed E-state index contributed by atoms with van der Waals surface area (Å²) in [4.78, 5) is 29.4. The first-order valence-corrected chi connectivity index (χ1v) is 9.15. The fourth-order valence-corrected chi connectivity index (χ4v) is 3.04. The molecule has 0 aliphatic rings. The fraction of sp³-hybridized carbons (Fsp3) is 0.0455. The van der Waals surface area contributed by atoms with Gasteiger partial charge in [-0.1, -0.05) is 41.9 Å². The lowest BCUT2D eigenvalue weighted by atomic mass is 10.1. The molecule has 29 heavy (non-hydrogen) atoms. The van der Waals surface area contributed by atoms with Gasteiger partial charge in [-0.2, -0.15) is 0 Å². The third-order valence-electron chi connectivity index (χ3n) is 4.19. The molecule has 0 radical (unpaired) electrons. The summed E-state index contributed by atoms with van der Waals surface area (Å²) in [5.41, 5.74) is 1.87. The molecule has 0 saturated heterocycles. The third kappa shape index (κ3) is 4.12. The second-order valence-corrected chi connectivity index (χ2v) is 6.56. The molecule has 6 nitrogen and oxygen atoms in total. The monoisotopic (exact) mass is 406 g/mol. The number of nitrogens with one attached hydrogen (secondary N) is 1. The van der Waals surface area contributed by atoms with E-state index in [1.165, 1.54) is 6.26 Å². The van der Waals surface area contributed by atoms with Crippen LogP contribution in [0.3, 0.4) is 0 Å². The molecule has 0 bridgehead atoms. The van der Waals surface area contributed by atoms with Crippen molar-refractivity contribution in [2.75, 3.05) is 11.9 Å². The van der Waals surface area contributed by atoms with Crippen LogP contribution in [0.2, 0.25) is 5.02 Å². The summed E-state index contributed by atoms with van der Waals surface area (Å²) >= 11 is 6.02. The zero-order valence-electron chi connectivity index (χ0n) is 15.1. The number of para-hydroxylation sites is 2. The number of anilines is 1. The van der Waals surface area contributed by atoms with Gasteiger partial charge in [0, 0.05) is 5.39 Å². The number of rotatable bonds is 5. The van der Waals surface area contributed by atoms with E-state index in [9.17, 15) is 9.59 Å². The van der Waals surface area contributed by atoms with Crippen LogP contribution in [0.1, 0.15) is 10.4 Å². The number of hydrogen-bond acceptors (Lipinski definition) is 5. The Labute approximate surface area is 171 Å². The van der Waals surface area contributed by atoms with Gasteiger partial charge in [-0.05, 0) is 36.4 Å². The standard InChI is InChI=1S/C22H15ClN2O4/c23-16-7-2-4-9-18(16)25-21(26)13-29-22(27)15-12-19(20-10-5-11-28-20)24-17-8-3-1-6-14(15)17/h1-12H,13H2,(H,25,26). The molecular formula is C22H15ClN2O4. The van der Waals surface area contributed by atoms with Crippen molar-refractivity contribution in [1.29, 1.82) is 0 Å². The van der Waals surface area contributed by atoms with E-state index in [0.717, 1.165) is 0 Å². The zero-order chi connectivity index (χ0) is 20.2. The molecule has 144 valence electrons. The van der Waals surface area contributed by atoms with Gasteiger partial charge in [-0.25, -0.2) is 9.78 Å². The van der Waals surface area contributed by atoms with Crippen molar-refractivity contribution < 1.29 is 18.7 Å². The van der Waals surface area contributed by atoms with Crippen molar-refractivity contribution in [3.63, 3.8) is 0 Å². The Kier molecular flexibility index (Phi) is 5.27. The molecule has 2 heterocycles. The molecule has 0 aliphatic heterocycles. The summed E-state index contributed by atoms with van der Waals surface area (Å²) in [5.74, 6) is -0.594. The van der Waals surface area contributed by atoms with Crippen molar-refractivity contribution in [3.05, 3.63) is 83.6 Å². The van der Waals surface area contributed by atoms with Gasteiger partial charge >= 0.3 is 5.97 Å². The van der Waals surface area contributed by atoms with Crippen LogP contribution in [0, 0.1) is 0 Å². The fourth-order valence-electron chi connectivity index (χ4n) is 2.85. The predicted octanol–water partition coefficient (Wildman–Crippen LogP) is 4.94. The van der Waals surface area contributed by atoms with Gasteiger partial charge in [0.05, 0.1) is 28.1 Å². The van der Waals surface area contributed by atoms with E-state index in [2.05, 4.69) is 10.3 Å². The number of esters is 1. The highest BCUT2D eigenvalue weighted by Crippen LogP contribution is 2.26. The third-order valence-corrected chi connectivity index (χ3v) is 4.52. The number of carbonyl (C=O) groups excluding carboxylic acids is 2. The van der Waals surface area contributed by atoms with Crippen LogP contribution in [0.4, 0.5) is 5.69 Å². The van der Waals surface area contributed by atoms with Crippen LogP contribution in [-0.2, 0) is 9.53 Å². The van der Waals surface area contributed by atoms with E-state index in [4.69, 9.17) is 20.8 Å². The number of carbonyl (C=O) groups is 2. The van der Waals surface area contributed by atoms with Crippen molar-refractivity contribution in [2.24, 2.45) is 0 Å². The molecule has 0 aliphatic carbocycles. The summed E-state index contributed by atoms with van der Waals surface area (Å²) in [6.45, 7) is -0.448.